The molecule has 2 aliphatic rings. The molecule has 5 heteroatoms. The summed E-state index contributed by atoms with van der Waals surface area (Å²) in [7, 11) is 0. The van der Waals surface area contributed by atoms with Crippen molar-refractivity contribution in [1.29, 1.82) is 0 Å². The summed E-state index contributed by atoms with van der Waals surface area (Å²) in [5.41, 5.74) is 6.78. The molecule has 3 N–H and O–H groups in total. The SMILES string of the molecule is NC1(C(=O)O)CCN(C(=O)C2Cc3ccccc32)C1. The topological polar surface area (TPSA) is 83.6 Å². The highest BCUT2D eigenvalue weighted by molar-refractivity contribution is 5.89. The molecular formula is C14H16N2O3. The van der Waals surface area contributed by atoms with Crippen molar-refractivity contribution in [2.75, 3.05) is 13.1 Å². The second-order valence-corrected chi connectivity index (χ2v) is 5.43. The minimum absolute atomic E-state index is 0.00674. The van der Waals surface area contributed by atoms with Crippen LogP contribution in [0.4, 0.5) is 0 Å². The average Bonchev–Trinajstić information content (AvgIpc) is 2.75. The molecular weight excluding hydrogens is 244 g/mol. The van der Waals surface area contributed by atoms with Gasteiger partial charge in [0.2, 0.25) is 5.91 Å². The van der Waals surface area contributed by atoms with E-state index in [1.54, 1.807) is 4.90 Å². The number of aliphatic carboxylic acids is 1. The molecule has 1 heterocycles. The number of carbonyl (C=O) groups is 2. The molecule has 2 unspecified atom stereocenters. The zero-order valence-electron chi connectivity index (χ0n) is 10.5. The van der Waals surface area contributed by atoms with Crippen LogP contribution in [-0.2, 0) is 16.0 Å². The van der Waals surface area contributed by atoms with Gasteiger partial charge in [-0.3, -0.25) is 9.59 Å². The van der Waals surface area contributed by atoms with Crippen molar-refractivity contribution < 1.29 is 14.7 Å². The maximum atomic E-state index is 12.4. The van der Waals surface area contributed by atoms with Gasteiger partial charge in [-0.2, -0.15) is 0 Å². The highest BCUT2D eigenvalue weighted by Gasteiger charge is 2.45. The fourth-order valence-corrected chi connectivity index (χ4v) is 2.90. The molecule has 2 atom stereocenters. The molecule has 100 valence electrons. The lowest BCUT2D eigenvalue weighted by molar-refractivity contribution is -0.143. The van der Waals surface area contributed by atoms with Gasteiger partial charge in [0.15, 0.2) is 0 Å². The van der Waals surface area contributed by atoms with E-state index in [1.165, 1.54) is 5.56 Å². The minimum atomic E-state index is -1.28. The zero-order chi connectivity index (χ0) is 13.6. The first-order valence-electron chi connectivity index (χ1n) is 6.40. The van der Waals surface area contributed by atoms with Gasteiger partial charge in [-0.25, -0.2) is 0 Å². The van der Waals surface area contributed by atoms with E-state index in [0.717, 1.165) is 12.0 Å². The summed E-state index contributed by atoms with van der Waals surface area (Å²) in [6.07, 6.45) is 1.07. The number of fused-ring (bicyclic) bond motifs is 1. The standard InChI is InChI=1S/C14H16N2O3/c15-14(13(18)19)5-6-16(8-14)12(17)11-7-9-3-1-2-4-10(9)11/h1-4,11H,5-8,15H2,(H,18,19). The first kappa shape index (κ1) is 12.2. The van der Waals surface area contributed by atoms with E-state index in [2.05, 4.69) is 0 Å². The third kappa shape index (κ3) is 1.81. The van der Waals surface area contributed by atoms with Gasteiger partial charge < -0.3 is 15.7 Å². The number of hydrogen-bond acceptors (Lipinski definition) is 3. The van der Waals surface area contributed by atoms with Gasteiger partial charge >= 0.3 is 5.97 Å². The quantitative estimate of drug-likeness (QED) is 0.803. The number of carbonyl (C=O) groups excluding carboxylic acids is 1. The Kier molecular flexibility index (Phi) is 2.60. The third-order valence-electron chi connectivity index (χ3n) is 4.19. The number of benzene rings is 1. The van der Waals surface area contributed by atoms with Gasteiger partial charge in [-0.15, -0.1) is 0 Å². The van der Waals surface area contributed by atoms with E-state index in [4.69, 9.17) is 10.8 Å². The molecule has 3 rings (SSSR count). The largest absolute Gasteiger partial charge is 0.480 e. The number of carboxylic acids is 1. The van der Waals surface area contributed by atoms with Gasteiger partial charge in [-0.1, -0.05) is 24.3 Å². The summed E-state index contributed by atoms with van der Waals surface area (Å²) in [4.78, 5) is 25.1. The van der Waals surface area contributed by atoms with Crippen LogP contribution in [0, 0.1) is 0 Å². The monoisotopic (exact) mass is 260 g/mol. The summed E-state index contributed by atoms with van der Waals surface area (Å²) in [6, 6.07) is 7.87. The van der Waals surface area contributed by atoms with Crippen molar-refractivity contribution in [3.8, 4) is 0 Å². The zero-order valence-corrected chi connectivity index (χ0v) is 10.5. The van der Waals surface area contributed by atoms with E-state index in [0.29, 0.717) is 13.0 Å². The molecule has 1 aromatic carbocycles. The normalized spacial score (nSPS) is 28.7. The van der Waals surface area contributed by atoms with Crippen molar-refractivity contribution in [2.24, 2.45) is 5.73 Å². The van der Waals surface area contributed by atoms with E-state index in [-0.39, 0.29) is 18.4 Å². The van der Waals surface area contributed by atoms with Crippen LogP contribution in [0.5, 0.6) is 0 Å². The van der Waals surface area contributed by atoms with E-state index in [1.807, 2.05) is 24.3 Å². The van der Waals surface area contributed by atoms with Crippen molar-refractivity contribution in [2.45, 2.75) is 24.3 Å². The maximum absolute atomic E-state index is 12.4. The highest BCUT2D eigenvalue weighted by atomic mass is 16.4. The number of nitrogens with zero attached hydrogens (tertiary/aromatic N) is 1. The van der Waals surface area contributed by atoms with Gasteiger partial charge in [0.05, 0.1) is 5.92 Å². The van der Waals surface area contributed by atoms with Crippen LogP contribution in [0.25, 0.3) is 0 Å². The van der Waals surface area contributed by atoms with Gasteiger partial charge in [0.1, 0.15) is 5.54 Å². The Morgan fingerprint density at radius 2 is 2.11 bits per heavy atom. The molecule has 1 saturated heterocycles. The van der Waals surface area contributed by atoms with Gasteiger partial charge in [0.25, 0.3) is 0 Å². The van der Waals surface area contributed by atoms with Crippen LogP contribution in [-0.4, -0.2) is 40.5 Å². The Bertz CT molecular complexity index is 557. The third-order valence-corrected chi connectivity index (χ3v) is 4.19. The Balaban J connectivity index is 1.73. The van der Waals surface area contributed by atoms with E-state index in [9.17, 15) is 9.59 Å². The fourth-order valence-electron chi connectivity index (χ4n) is 2.90. The number of likely N-dealkylation sites (tertiary alicyclic amines) is 1. The van der Waals surface area contributed by atoms with E-state index >= 15 is 0 Å². The summed E-state index contributed by atoms with van der Waals surface area (Å²) < 4.78 is 0. The molecule has 0 aromatic heterocycles. The summed E-state index contributed by atoms with van der Waals surface area (Å²) in [5, 5.41) is 9.08. The molecule has 1 amide bonds. The first-order valence-corrected chi connectivity index (χ1v) is 6.40. The maximum Gasteiger partial charge on any atom is 0.325 e. The molecule has 1 aliphatic carbocycles. The number of rotatable bonds is 2. The van der Waals surface area contributed by atoms with Crippen molar-refractivity contribution in [1.82, 2.24) is 4.90 Å². The fraction of sp³-hybridized carbons (Fsp3) is 0.429. The van der Waals surface area contributed by atoms with Crippen molar-refractivity contribution in [3.05, 3.63) is 35.4 Å². The molecule has 1 aliphatic heterocycles. The van der Waals surface area contributed by atoms with Crippen LogP contribution < -0.4 is 5.73 Å². The van der Waals surface area contributed by atoms with Gasteiger partial charge in [0, 0.05) is 13.1 Å². The predicted molar refractivity (Wildman–Crippen MR) is 68.6 cm³/mol. The van der Waals surface area contributed by atoms with Gasteiger partial charge in [-0.05, 0) is 24.0 Å². The first-order chi connectivity index (χ1) is 9.01. The van der Waals surface area contributed by atoms with Crippen molar-refractivity contribution >= 4 is 11.9 Å². The Labute approximate surface area is 111 Å². The lowest BCUT2D eigenvalue weighted by Crippen LogP contribution is -2.51. The Morgan fingerprint density at radius 3 is 2.74 bits per heavy atom. The van der Waals surface area contributed by atoms with Crippen LogP contribution in [0.2, 0.25) is 0 Å². The molecule has 1 aromatic rings. The Hall–Kier alpha value is -1.88. The van der Waals surface area contributed by atoms with Crippen molar-refractivity contribution in [3.63, 3.8) is 0 Å². The molecule has 0 bridgehead atoms. The molecule has 19 heavy (non-hydrogen) atoms. The van der Waals surface area contributed by atoms with Crippen LogP contribution in [0.15, 0.2) is 24.3 Å². The summed E-state index contributed by atoms with van der Waals surface area (Å²) in [5.74, 6) is -1.14. The molecule has 1 fully saturated rings. The lowest BCUT2D eigenvalue weighted by Gasteiger charge is -2.32. The summed E-state index contributed by atoms with van der Waals surface area (Å²) in [6.45, 7) is 0.542. The highest BCUT2D eigenvalue weighted by Crippen LogP contribution is 2.37. The Morgan fingerprint density at radius 1 is 1.37 bits per heavy atom. The van der Waals surface area contributed by atoms with Crippen LogP contribution in [0.1, 0.15) is 23.5 Å². The number of carboxylic acid groups (broad SMARTS) is 1. The molecule has 5 nitrogen and oxygen atoms in total. The van der Waals surface area contributed by atoms with Crippen LogP contribution in [0.3, 0.4) is 0 Å². The lowest BCUT2D eigenvalue weighted by atomic mass is 9.77. The smallest absolute Gasteiger partial charge is 0.325 e. The molecule has 0 radical (unpaired) electrons. The number of hydrogen-bond donors (Lipinski definition) is 2. The van der Waals surface area contributed by atoms with E-state index < -0.39 is 11.5 Å². The summed E-state index contributed by atoms with van der Waals surface area (Å²) >= 11 is 0. The predicted octanol–water partition coefficient (Wildman–Crippen LogP) is 0.341. The average molecular weight is 260 g/mol. The number of amides is 1. The van der Waals surface area contributed by atoms with Crippen LogP contribution >= 0.6 is 0 Å². The second kappa shape index (κ2) is 4.06. The second-order valence-electron chi connectivity index (χ2n) is 5.43. The number of nitrogens with two attached hydrogens (primary N) is 1. The minimum Gasteiger partial charge on any atom is -0.480 e. The molecule has 0 spiro atoms. The molecule has 0 saturated carbocycles.